The van der Waals surface area contributed by atoms with Crippen LogP contribution in [0.3, 0.4) is 0 Å². The largest absolute Gasteiger partial charge is 0.214 e. The molecule has 6 nitrogen and oxygen atoms in total. The van der Waals surface area contributed by atoms with Crippen LogP contribution in [-0.4, -0.2) is 56.3 Å². The summed E-state index contributed by atoms with van der Waals surface area (Å²) in [6.45, 7) is 13.5. The predicted molar refractivity (Wildman–Crippen MR) is 83.2 cm³/mol. The van der Waals surface area contributed by atoms with Gasteiger partial charge in [-0.05, 0) is 0 Å². The Morgan fingerprint density at radius 2 is 0.909 bits per heavy atom. The molecule has 0 fully saturated rings. The number of rotatable bonds is 3. The minimum Gasteiger partial charge on any atom is -0.214 e. The number of hydrogen-bond acceptors (Lipinski definition) is 3. The Morgan fingerprint density at radius 3 is 0.955 bits per heavy atom. The summed E-state index contributed by atoms with van der Waals surface area (Å²) in [5.41, 5.74) is 0. The van der Waals surface area contributed by atoms with Crippen molar-refractivity contribution < 1.29 is 32.5 Å². The molecule has 0 N–H and O–H groups in total. The monoisotopic (exact) mass is 364 g/mol. The Bertz CT molecular complexity index is 288. The van der Waals surface area contributed by atoms with E-state index in [0.29, 0.717) is 0 Å². The zero-order chi connectivity index (χ0) is 17.8. The fourth-order valence-electron chi connectivity index (χ4n) is 1.52. The van der Waals surface area contributed by atoms with Gasteiger partial charge in [-0.3, -0.25) is 0 Å². The van der Waals surface area contributed by atoms with E-state index in [0.717, 1.165) is 0 Å². The molecule has 1 radical (unpaired) electrons. The first-order valence-corrected chi connectivity index (χ1v) is 6.97. The summed E-state index contributed by atoms with van der Waals surface area (Å²) >= 11 is 0. The first-order chi connectivity index (χ1) is 9.96. The molecule has 22 heavy (non-hydrogen) atoms. The molecule has 123 valence electrons. The third-order valence-corrected chi connectivity index (χ3v) is 4.16. The quantitative estimate of drug-likeness (QED) is 0.468. The summed E-state index contributed by atoms with van der Waals surface area (Å²) in [7, 11) is 12.1. The summed E-state index contributed by atoms with van der Waals surface area (Å²) in [6, 6.07) is 10.0. The summed E-state index contributed by atoms with van der Waals surface area (Å²) in [4.78, 5) is 0. The van der Waals surface area contributed by atoms with Gasteiger partial charge >= 0.3 is 33.9 Å². The third kappa shape index (κ3) is 24.5. The first kappa shape index (κ1) is 33.2. The molecule has 0 spiro atoms. The number of hydrogen-bond donors (Lipinski definition) is 0. The number of nitrogens with zero attached hydrogens (tertiary/aromatic N) is 3. The molecular formula is C14H24N3O3PV. The molecule has 0 saturated heterocycles. The topological polar surface area (TPSA) is 69.4 Å². The van der Waals surface area contributed by atoms with Crippen LogP contribution in [0, 0.1) is 20.0 Å². The molecule has 0 aliphatic carbocycles. The Hall–Kier alpha value is -0.536. The van der Waals surface area contributed by atoms with Crippen LogP contribution in [0.1, 0.15) is 0 Å². The van der Waals surface area contributed by atoms with Gasteiger partial charge in [0.15, 0.2) is 0 Å². The van der Waals surface area contributed by atoms with Gasteiger partial charge in [0.2, 0.25) is 8.37 Å². The summed E-state index contributed by atoms with van der Waals surface area (Å²) in [6.07, 6.45) is 0. The van der Waals surface area contributed by atoms with Crippen molar-refractivity contribution in [2.45, 2.75) is 0 Å². The van der Waals surface area contributed by atoms with E-state index in [1.54, 1.807) is 0 Å². The SMILES string of the molecule is CN(C)[PH+](N(C)C)N(C)C.[C-]#[O+].[C-]#[O+].[C-]#[O+].[V].c1cc[cH-]c1. The molecule has 1 aromatic carbocycles. The molecule has 0 aliphatic heterocycles. The van der Waals surface area contributed by atoms with Crippen LogP contribution in [-0.2, 0) is 32.5 Å². The summed E-state index contributed by atoms with van der Waals surface area (Å²) < 4.78 is 29.3. The van der Waals surface area contributed by atoms with Crippen LogP contribution < -0.4 is 0 Å². The fraction of sp³-hybridized carbons (Fsp3) is 0.429. The maximum absolute atomic E-state index is 7.50. The maximum atomic E-state index is 7.50. The van der Waals surface area contributed by atoms with Crippen LogP contribution in [0.25, 0.3) is 0 Å². The van der Waals surface area contributed by atoms with Gasteiger partial charge in [0.25, 0.3) is 0 Å². The molecule has 1 aromatic rings. The molecule has 1 rings (SSSR count). The van der Waals surface area contributed by atoms with Crippen LogP contribution in [0.5, 0.6) is 0 Å². The van der Waals surface area contributed by atoms with E-state index in [-0.39, 0.29) is 18.6 Å². The first-order valence-electron chi connectivity index (χ1n) is 5.63. The molecule has 0 aliphatic rings. The standard InChI is InChI=1S/C6H18N3P.C5H5.3CO.V/c1-7(2)10(8(3)4)9(5)6;1-2-4-5-3-1;3*1-2;/h1-6H3;1-5H;;;;/q;-1;;;;/p+1. The van der Waals surface area contributed by atoms with E-state index >= 15 is 0 Å². The molecule has 0 unspecified atom stereocenters. The molecular weight excluding hydrogens is 340 g/mol. The fourth-order valence-corrected chi connectivity index (χ4v) is 3.92. The van der Waals surface area contributed by atoms with E-state index in [9.17, 15) is 0 Å². The van der Waals surface area contributed by atoms with Crippen molar-refractivity contribution in [3.63, 3.8) is 0 Å². The van der Waals surface area contributed by atoms with Crippen molar-refractivity contribution in [2.75, 3.05) is 42.3 Å². The zero-order valence-electron chi connectivity index (χ0n) is 13.9. The van der Waals surface area contributed by atoms with E-state index < -0.39 is 8.37 Å². The van der Waals surface area contributed by atoms with E-state index in [2.05, 4.69) is 76.2 Å². The minimum absolute atomic E-state index is 0. The average molecular weight is 364 g/mol. The normalized spacial score (nSPS) is 7.82. The van der Waals surface area contributed by atoms with E-state index in [1.165, 1.54) is 0 Å². The molecule has 0 heterocycles. The Labute approximate surface area is 147 Å². The van der Waals surface area contributed by atoms with Crippen LogP contribution in [0.2, 0.25) is 0 Å². The molecule has 0 aromatic heterocycles. The van der Waals surface area contributed by atoms with Gasteiger partial charge in [-0.2, -0.15) is 32.2 Å². The molecule has 0 saturated carbocycles. The van der Waals surface area contributed by atoms with E-state index in [1.807, 2.05) is 30.3 Å². The second kappa shape index (κ2) is 28.6. The van der Waals surface area contributed by atoms with Crippen LogP contribution in [0.4, 0.5) is 0 Å². The van der Waals surface area contributed by atoms with Gasteiger partial charge < -0.3 is 0 Å². The van der Waals surface area contributed by atoms with Crippen LogP contribution >= 0.6 is 8.37 Å². The van der Waals surface area contributed by atoms with Gasteiger partial charge in [0.1, 0.15) is 0 Å². The summed E-state index contributed by atoms with van der Waals surface area (Å²) in [5.74, 6) is 0. The smallest absolute Gasteiger partial charge is 0 e. The second-order valence-electron chi connectivity index (χ2n) is 3.95. The van der Waals surface area contributed by atoms with Crippen molar-refractivity contribution in [3.8, 4) is 0 Å². The van der Waals surface area contributed by atoms with Gasteiger partial charge in [-0.1, -0.05) is 0 Å². The Balaban J connectivity index is -0.0000000677. The molecule has 8 heteroatoms. The minimum atomic E-state index is -0.596. The molecule has 0 bridgehead atoms. The Kier molecular flexibility index (Phi) is 43.1. The average Bonchev–Trinajstić information content (AvgIpc) is 3.03. The Morgan fingerprint density at radius 1 is 0.682 bits per heavy atom. The predicted octanol–water partition coefficient (Wildman–Crippen LogP) is 1.92. The second-order valence-corrected chi connectivity index (χ2v) is 7.23. The van der Waals surface area contributed by atoms with Gasteiger partial charge in [-0.25, -0.2) is 12.1 Å². The van der Waals surface area contributed by atoms with E-state index in [4.69, 9.17) is 14.0 Å². The molecule has 0 amide bonds. The van der Waals surface area contributed by atoms with Crippen molar-refractivity contribution in [1.29, 1.82) is 0 Å². The zero-order valence-corrected chi connectivity index (χ0v) is 16.3. The van der Waals surface area contributed by atoms with Crippen molar-refractivity contribution in [1.82, 2.24) is 14.0 Å². The van der Waals surface area contributed by atoms with Crippen molar-refractivity contribution >= 4 is 8.37 Å². The maximum Gasteiger partial charge on any atom is 0 e. The van der Waals surface area contributed by atoms with Gasteiger partial charge in [0, 0.05) is 60.8 Å². The van der Waals surface area contributed by atoms with Gasteiger partial charge in [-0.15, -0.1) is 0 Å². The van der Waals surface area contributed by atoms with Crippen molar-refractivity contribution in [3.05, 3.63) is 50.3 Å². The van der Waals surface area contributed by atoms with Crippen LogP contribution in [0.15, 0.2) is 30.3 Å². The van der Waals surface area contributed by atoms with Gasteiger partial charge in [0.05, 0.1) is 0 Å². The third-order valence-electron chi connectivity index (χ3n) is 1.76. The van der Waals surface area contributed by atoms with Crippen molar-refractivity contribution in [2.24, 2.45) is 0 Å². The molecule has 0 atom stereocenters. The summed E-state index contributed by atoms with van der Waals surface area (Å²) in [5, 5.41) is 0.